The summed E-state index contributed by atoms with van der Waals surface area (Å²) >= 11 is 0. The predicted molar refractivity (Wildman–Crippen MR) is 53.4 cm³/mol. The summed E-state index contributed by atoms with van der Waals surface area (Å²) in [5, 5.41) is 0. The van der Waals surface area contributed by atoms with Crippen LogP contribution in [0, 0.1) is 5.82 Å². The number of nitrogens with one attached hydrogen (secondary N) is 1. The molecule has 3 N–H and O–H groups in total. The van der Waals surface area contributed by atoms with E-state index in [0.717, 1.165) is 5.56 Å². The smallest absolute Gasteiger partial charge is 0.147 e. The Balaban J connectivity index is 0.000000845. The van der Waals surface area contributed by atoms with E-state index in [-0.39, 0.29) is 18.2 Å². The average molecular weight is 203 g/mol. The lowest BCUT2D eigenvalue weighted by Crippen LogP contribution is -2.08. The average Bonchev–Trinajstić information content (AvgIpc) is 2.86. The maximum Gasteiger partial charge on any atom is 0.147 e. The number of hydrogen-bond acceptors (Lipinski definition) is 2. The molecule has 2 rings (SSSR count). The highest BCUT2D eigenvalue weighted by molar-refractivity contribution is 5.85. The Bertz CT molecular complexity index is 300. The molecule has 0 aromatic heterocycles. The Morgan fingerprint density at radius 3 is 2.54 bits per heavy atom. The normalized spacial score (nSPS) is 14.9. The van der Waals surface area contributed by atoms with E-state index in [1.807, 2.05) is 6.07 Å². The van der Waals surface area contributed by atoms with E-state index in [4.69, 9.17) is 5.84 Å². The highest BCUT2D eigenvalue weighted by Crippen LogP contribution is 2.40. The molecule has 1 saturated carbocycles. The standard InChI is InChI=1S/C9H11FN2.ClH/c10-8-5-7(6-1-2-6)3-4-9(8)12-11;/h3-6,12H,1-2,11H2;1H. The summed E-state index contributed by atoms with van der Waals surface area (Å²) in [6.45, 7) is 0. The highest BCUT2D eigenvalue weighted by atomic mass is 35.5. The number of rotatable bonds is 2. The molecule has 0 bridgehead atoms. The van der Waals surface area contributed by atoms with E-state index in [2.05, 4.69) is 5.43 Å². The van der Waals surface area contributed by atoms with Gasteiger partial charge in [-0.3, -0.25) is 5.84 Å². The van der Waals surface area contributed by atoms with Crippen molar-refractivity contribution >= 4 is 18.1 Å². The molecule has 0 saturated heterocycles. The molecule has 0 radical (unpaired) electrons. The topological polar surface area (TPSA) is 38.0 Å². The molecule has 1 fully saturated rings. The molecular formula is C9H12ClFN2. The van der Waals surface area contributed by atoms with E-state index >= 15 is 0 Å². The molecule has 0 amide bonds. The second kappa shape index (κ2) is 3.94. The molecule has 4 heteroatoms. The fourth-order valence-electron chi connectivity index (χ4n) is 1.32. The Labute approximate surface area is 82.7 Å². The van der Waals surface area contributed by atoms with Crippen LogP contribution in [0.15, 0.2) is 18.2 Å². The van der Waals surface area contributed by atoms with Crippen LogP contribution in [0.3, 0.4) is 0 Å². The van der Waals surface area contributed by atoms with E-state index in [0.29, 0.717) is 11.6 Å². The first-order valence-corrected chi connectivity index (χ1v) is 4.07. The number of nitrogens with two attached hydrogens (primary N) is 1. The summed E-state index contributed by atoms with van der Waals surface area (Å²) in [7, 11) is 0. The van der Waals surface area contributed by atoms with Gasteiger partial charge in [-0.15, -0.1) is 12.4 Å². The van der Waals surface area contributed by atoms with E-state index < -0.39 is 0 Å². The van der Waals surface area contributed by atoms with Crippen molar-refractivity contribution in [1.82, 2.24) is 0 Å². The van der Waals surface area contributed by atoms with Crippen LogP contribution in [0.4, 0.5) is 10.1 Å². The lowest BCUT2D eigenvalue weighted by Gasteiger charge is -2.03. The fourth-order valence-corrected chi connectivity index (χ4v) is 1.32. The Morgan fingerprint density at radius 2 is 2.08 bits per heavy atom. The van der Waals surface area contributed by atoms with Gasteiger partial charge in [-0.25, -0.2) is 4.39 Å². The van der Waals surface area contributed by atoms with Gasteiger partial charge in [0, 0.05) is 0 Å². The van der Waals surface area contributed by atoms with Crippen LogP contribution < -0.4 is 11.3 Å². The van der Waals surface area contributed by atoms with Crippen LogP contribution in [0.2, 0.25) is 0 Å². The van der Waals surface area contributed by atoms with Gasteiger partial charge in [-0.05, 0) is 36.5 Å². The molecule has 1 aromatic carbocycles. The number of nitrogen functional groups attached to an aromatic ring is 1. The van der Waals surface area contributed by atoms with Gasteiger partial charge in [0.25, 0.3) is 0 Å². The number of hydrazine groups is 1. The van der Waals surface area contributed by atoms with Gasteiger partial charge in [-0.1, -0.05) is 6.07 Å². The maximum absolute atomic E-state index is 13.1. The van der Waals surface area contributed by atoms with Crippen LogP contribution in [0.25, 0.3) is 0 Å². The Morgan fingerprint density at radius 1 is 1.38 bits per heavy atom. The van der Waals surface area contributed by atoms with Crippen LogP contribution >= 0.6 is 12.4 Å². The van der Waals surface area contributed by atoms with Crippen molar-refractivity contribution in [2.45, 2.75) is 18.8 Å². The molecule has 0 atom stereocenters. The van der Waals surface area contributed by atoms with Crippen molar-refractivity contribution in [3.63, 3.8) is 0 Å². The molecule has 1 aliphatic carbocycles. The van der Waals surface area contributed by atoms with Gasteiger partial charge in [-0.2, -0.15) is 0 Å². The van der Waals surface area contributed by atoms with Crippen molar-refractivity contribution in [2.75, 3.05) is 5.43 Å². The second-order valence-electron chi connectivity index (χ2n) is 3.16. The molecule has 0 unspecified atom stereocenters. The summed E-state index contributed by atoms with van der Waals surface area (Å²) < 4.78 is 13.1. The molecule has 13 heavy (non-hydrogen) atoms. The third-order valence-electron chi connectivity index (χ3n) is 2.20. The maximum atomic E-state index is 13.1. The number of anilines is 1. The van der Waals surface area contributed by atoms with Gasteiger partial charge in [0.15, 0.2) is 0 Å². The zero-order valence-electron chi connectivity index (χ0n) is 7.09. The van der Waals surface area contributed by atoms with Crippen molar-refractivity contribution in [3.8, 4) is 0 Å². The molecule has 0 heterocycles. The predicted octanol–water partition coefficient (Wildman–Crippen LogP) is 2.41. The van der Waals surface area contributed by atoms with Gasteiger partial charge >= 0.3 is 0 Å². The molecular weight excluding hydrogens is 191 g/mol. The molecule has 1 aromatic rings. The largest absolute Gasteiger partial charge is 0.321 e. The summed E-state index contributed by atoms with van der Waals surface area (Å²) in [6.07, 6.45) is 2.38. The molecule has 1 aliphatic rings. The minimum atomic E-state index is -0.262. The Kier molecular flexibility index (Phi) is 3.12. The van der Waals surface area contributed by atoms with Crippen molar-refractivity contribution in [3.05, 3.63) is 29.6 Å². The molecule has 2 nitrogen and oxygen atoms in total. The highest BCUT2D eigenvalue weighted by Gasteiger charge is 2.23. The minimum absolute atomic E-state index is 0. The lowest BCUT2D eigenvalue weighted by molar-refractivity contribution is 0.628. The van der Waals surface area contributed by atoms with Gasteiger partial charge in [0.1, 0.15) is 5.82 Å². The van der Waals surface area contributed by atoms with Crippen LogP contribution in [-0.4, -0.2) is 0 Å². The third kappa shape index (κ3) is 2.11. The van der Waals surface area contributed by atoms with Gasteiger partial charge in [0.2, 0.25) is 0 Å². The molecule has 72 valence electrons. The lowest BCUT2D eigenvalue weighted by atomic mass is 10.1. The van der Waals surface area contributed by atoms with Crippen LogP contribution in [0.1, 0.15) is 24.3 Å². The van der Waals surface area contributed by atoms with Crippen LogP contribution in [0.5, 0.6) is 0 Å². The van der Waals surface area contributed by atoms with Crippen molar-refractivity contribution in [2.24, 2.45) is 5.84 Å². The van der Waals surface area contributed by atoms with Gasteiger partial charge < -0.3 is 5.43 Å². The van der Waals surface area contributed by atoms with Crippen LogP contribution in [-0.2, 0) is 0 Å². The minimum Gasteiger partial charge on any atom is -0.321 e. The summed E-state index contributed by atoms with van der Waals surface area (Å²) in [5.74, 6) is 5.43. The number of benzene rings is 1. The Hall–Kier alpha value is -0.800. The van der Waals surface area contributed by atoms with E-state index in [9.17, 15) is 4.39 Å². The van der Waals surface area contributed by atoms with Gasteiger partial charge in [0.05, 0.1) is 5.69 Å². The monoisotopic (exact) mass is 202 g/mol. The summed E-state index contributed by atoms with van der Waals surface area (Å²) in [5.41, 5.74) is 3.76. The summed E-state index contributed by atoms with van der Waals surface area (Å²) in [6, 6.07) is 5.17. The van der Waals surface area contributed by atoms with Crippen molar-refractivity contribution < 1.29 is 4.39 Å². The van der Waals surface area contributed by atoms with E-state index in [1.54, 1.807) is 12.1 Å². The van der Waals surface area contributed by atoms with Crippen molar-refractivity contribution in [1.29, 1.82) is 0 Å². The fraction of sp³-hybridized carbons (Fsp3) is 0.333. The number of halogens is 2. The molecule has 0 aliphatic heterocycles. The van der Waals surface area contributed by atoms with E-state index in [1.165, 1.54) is 12.8 Å². The number of hydrogen-bond donors (Lipinski definition) is 2. The zero-order valence-corrected chi connectivity index (χ0v) is 7.90. The SMILES string of the molecule is Cl.NNc1ccc(C2CC2)cc1F. The quantitative estimate of drug-likeness (QED) is 0.571. The first-order chi connectivity index (χ1) is 5.81. The second-order valence-corrected chi connectivity index (χ2v) is 3.16. The third-order valence-corrected chi connectivity index (χ3v) is 2.20. The zero-order chi connectivity index (χ0) is 8.55. The molecule has 0 spiro atoms. The summed E-state index contributed by atoms with van der Waals surface area (Å²) in [4.78, 5) is 0. The first-order valence-electron chi connectivity index (χ1n) is 4.07. The first kappa shape index (κ1) is 10.3.